The molecule has 3 heteroatoms. The molecule has 0 saturated carbocycles. The van der Waals surface area contributed by atoms with Gasteiger partial charge in [-0.05, 0) is 25.3 Å². The molecule has 0 saturated heterocycles. The Bertz CT molecular complexity index is 293. The summed E-state index contributed by atoms with van der Waals surface area (Å²) < 4.78 is 1.88. The first-order valence-electron chi connectivity index (χ1n) is 6.41. The lowest BCUT2D eigenvalue weighted by Crippen LogP contribution is -2.27. The summed E-state index contributed by atoms with van der Waals surface area (Å²) in [7, 11) is 1.98. The Morgan fingerprint density at radius 1 is 1.38 bits per heavy atom. The van der Waals surface area contributed by atoms with Crippen LogP contribution in [0.4, 0.5) is 0 Å². The molecule has 0 aliphatic rings. The van der Waals surface area contributed by atoms with Crippen molar-refractivity contribution < 1.29 is 0 Å². The smallest absolute Gasteiger partial charge is 0.0537 e. The molecular formula is C13H25N3. The quantitative estimate of drug-likeness (QED) is 0.770. The second-order valence-electron chi connectivity index (χ2n) is 4.65. The fourth-order valence-corrected chi connectivity index (χ4v) is 2.17. The van der Waals surface area contributed by atoms with Gasteiger partial charge in [-0.25, -0.2) is 0 Å². The fraction of sp³-hybridized carbons (Fsp3) is 0.769. The number of aryl methyl sites for hydroxylation is 1. The minimum Gasteiger partial charge on any atom is -0.310 e. The summed E-state index contributed by atoms with van der Waals surface area (Å²) in [6.07, 6.45) is 7.79. The summed E-state index contributed by atoms with van der Waals surface area (Å²) in [5, 5.41) is 7.90. The molecule has 0 radical (unpaired) electrons. The first kappa shape index (κ1) is 13.2. The molecular weight excluding hydrogens is 198 g/mol. The van der Waals surface area contributed by atoms with Gasteiger partial charge in [-0.15, -0.1) is 0 Å². The molecule has 0 bridgehead atoms. The molecule has 0 amide bonds. The Labute approximate surface area is 99.2 Å². The molecule has 0 aromatic carbocycles. The van der Waals surface area contributed by atoms with Crippen LogP contribution in [0.15, 0.2) is 12.4 Å². The van der Waals surface area contributed by atoms with Crippen molar-refractivity contribution >= 4 is 0 Å². The van der Waals surface area contributed by atoms with Crippen molar-refractivity contribution in [3.8, 4) is 0 Å². The second-order valence-corrected chi connectivity index (χ2v) is 4.65. The third-order valence-electron chi connectivity index (χ3n) is 3.01. The SMILES string of the molecule is CCCNC(c1cnn(C)c1)C(C)CCC. The van der Waals surface area contributed by atoms with E-state index in [9.17, 15) is 0 Å². The first-order valence-corrected chi connectivity index (χ1v) is 6.41. The van der Waals surface area contributed by atoms with Gasteiger partial charge in [-0.2, -0.15) is 5.10 Å². The molecule has 1 aromatic rings. The lowest BCUT2D eigenvalue weighted by atomic mass is 9.92. The Hall–Kier alpha value is -0.830. The third kappa shape index (κ3) is 3.63. The summed E-state index contributed by atoms with van der Waals surface area (Å²) in [5.74, 6) is 0.667. The van der Waals surface area contributed by atoms with Gasteiger partial charge in [0.2, 0.25) is 0 Å². The van der Waals surface area contributed by atoms with Crippen LogP contribution in [-0.2, 0) is 7.05 Å². The van der Waals surface area contributed by atoms with Crippen LogP contribution in [0, 0.1) is 5.92 Å². The van der Waals surface area contributed by atoms with Crippen LogP contribution in [0.25, 0.3) is 0 Å². The van der Waals surface area contributed by atoms with E-state index in [1.165, 1.54) is 24.8 Å². The van der Waals surface area contributed by atoms with Crippen molar-refractivity contribution in [3.63, 3.8) is 0 Å². The van der Waals surface area contributed by atoms with Crippen molar-refractivity contribution in [3.05, 3.63) is 18.0 Å². The zero-order chi connectivity index (χ0) is 12.0. The maximum Gasteiger partial charge on any atom is 0.0537 e. The average molecular weight is 223 g/mol. The van der Waals surface area contributed by atoms with E-state index in [1.807, 2.05) is 17.9 Å². The van der Waals surface area contributed by atoms with E-state index in [1.54, 1.807) is 0 Å². The van der Waals surface area contributed by atoms with Crippen LogP contribution in [0.1, 0.15) is 51.6 Å². The molecule has 92 valence electrons. The normalized spacial score (nSPS) is 15.0. The Morgan fingerprint density at radius 3 is 2.62 bits per heavy atom. The lowest BCUT2D eigenvalue weighted by Gasteiger charge is -2.24. The monoisotopic (exact) mass is 223 g/mol. The molecule has 0 aliphatic heterocycles. The number of nitrogens with one attached hydrogen (secondary N) is 1. The molecule has 0 spiro atoms. The van der Waals surface area contributed by atoms with E-state index in [2.05, 4.69) is 37.4 Å². The van der Waals surface area contributed by atoms with Gasteiger partial charge < -0.3 is 5.32 Å². The Kier molecular flexibility index (Phi) is 5.53. The average Bonchev–Trinajstić information content (AvgIpc) is 2.66. The highest BCUT2D eigenvalue weighted by atomic mass is 15.2. The predicted molar refractivity (Wildman–Crippen MR) is 68.3 cm³/mol. The van der Waals surface area contributed by atoms with Gasteiger partial charge in [0.05, 0.1) is 6.20 Å². The summed E-state index contributed by atoms with van der Waals surface area (Å²) in [6.45, 7) is 7.85. The standard InChI is InChI=1S/C13H25N3/c1-5-7-11(3)13(14-8-6-2)12-9-15-16(4)10-12/h9-11,13-14H,5-8H2,1-4H3. The molecule has 0 aliphatic carbocycles. The second kappa shape index (κ2) is 6.69. The van der Waals surface area contributed by atoms with Crippen molar-refractivity contribution in [2.24, 2.45) is 13.0 Å². The van der Waals surface area contributed by atoms with Gasteiger partial charge in [0.1, 0.15) is 0 Å². The van der Waals surface area contributed by atoms with Crippen LogP contribution in [0.2, 0.25) is 0 Å². The van der Waals surface area contributed by atoms with Gasteiger partial charge in [-0.3, -0.25) is 4.68 Å². The maximum atomic E-state index is 4.26. The highest BCUT2D eigenvalue weighted by Gasteiger charge is 2.18. The van der Waals surface area contributed by atoms with Gasteiger partial charge >= 0.3 is 0 Å². The van der Waals surface area contributed by atoms with Crippen LogP contribution >= 0.6 is 0 Å². The van der Waals surface area contributed by atoms with Gasteiger partial charge in [0.25, 0.3) is 0 Å². The topological polar surface area (TPSA) is 29.9 Å². The summed E-state index contributed by atoms with van der Waals surface area (Å²) >= 11 is 0. The van der Waals surface area contributed by atoms with Crippen molar-refractivity contribution in [2.75, 3.05) is 6.54 Å². The van der Waals surface area contributed by atoms with Gasteiger partial charge in [0.15, 0.2) is 0 Å². The molecule has 16 heavy (non-hydrogen) atoms. The number of hydrogen-bond donors (Lipinski definition) is 1. The molecule has 0 fully saturated rings. The molecule has 1 N–H and O–H groups in total. The fourth-order valence-electron chi connectivity index (χ4n) is 2.17. The van der Waals surface area contributed by atoms with Crippen LogP contribution in [0.3, 0.4) is 0 Å². The van der Waals surface area contributed by atoms with Crippen molar-refractivity contribution in [2.45, 2.75) is 46.1 Å². The number of rotatable bonds is 7. The summed E-state index contributed by atoms with van der Waals surface area (Å²) in [6, 6.07) is 0.452. The van der Waals surface area contributed by atoms with E-state index in [0.29, 0.717) is 12.0 Å². The number of hydrogen-bond acceptors (Lipinski definition) is 2. The highest BCUT2D eigenvalue weighted by molar-refractivity contribution is 5.11. The number of nitrogens with zero attached hydrogens (tertiary/aromatic N) is 2. The predicted octanol–water partition coefficient (Wildman–Crippen LogP) is 2.90. The molecule has 2 atom stereocenters. The highest BCUT2D eigenvalue weighted by Crippen LogP contribution is 2.24. The zero-order valence-corrected chi connectivity index (χ0v) is 11.0. The minimum atomic E-state index is 0.452. The number of aromatic nitrogens is 2. The van der Waals surface area contributed by atoms with Crippen LogP contribution in [0.5, 0.6) is 0 Å². The Balaban J connectivity index is 2.69. The maximum absolute atomic E-state index is 4.26. The lowest BCUT2D eigenvalue weighted by molar-refractivity contribution is 0.363. The van der Waals surface area contributed by atoms with Crippen LogP contribution in [-0.4, -0.2) is 16.3 Å². The summed E-state index contributed by atoms with van der Waals surface area (Å²) in [4.78, 5) is 0. The Morgan fingerprint density at radius 2 is 2.12 bits per heavy atom. The van der Waals surface area contributed by atoms with E-state index in [4.69, 9.17) is 0 Å². The van der Waals surface area contributed by atoms with Crippen molar-refractivity contribution in [1.29, 1.82) is 0 Å². The molecule has 3 nitrogen and oxygen atoms in total. The molecule has 1 rings (SSSR count). The largest absolute Gasteiger partial charge is 0.310 e. The molecule has 2 unspecified atom stereocenters. The van der Waals surface area contributed by atoms with Gasteiger partial charge in [-0.1, -0.05) is 27.2 Å². The zero-order valence-electron chi connectivity index (χ0n) is 11.0. The van der Waals surface area contributed by atoms with E-state index in [0.717, 1.165) is 6.54 Å². The van der Waals surface area contributed by atoms with E-state index >= 15 is 0 Å². The minimum absolute atomic E-state index is 0.452. The van der Waals surface area contributed by atoms with E-state index in [-0.39, 0.29) is 0 Å². The van der Waals surface area contributed by atoms with Gasteiger partial charge in [0, 0.05) is 24.8 Å². The summed E-state index contributed by atoms with van der Waals surface area (Å²) in [5.41, 5.74) is 1.32. The van der Waals surface area contributed by atoms with Crippen molar-refractivity contribution in [1.82, 2.24) is 15.1 Å². The molecule has 1 heterocycles. The first-order chi connectivity index (χ1) is 7.69. The van der Waals surface area contributed by atoms with Crippen LogP contribution < -0.4 is 5.32 Å². The third-order valence-corrected chi connectivity index (χ3v) is 3.01. The molecule has 1 aromatic heterocycles. The van der Waals surface area contributed by atoms with E-state index < -0.39 is 0 Å².